The van der Waals surface area contributed by atoms with Gasteiger partial charge in [-0.3, -0.25) is 19.2 Å². The number of hydrogen-bond donors (Lipinski definition) is 2. The van der Waals surface area contributed by atoms with Gasteiger partial charge < -0.3 is 29.2 Å². The average molecular weight is 602 g/mol. The number of carbonyl (C=O) groups excluding carboxylic acids is 2. The molecule has 11 nitrogen and oxygen atoms in total. The number of rotatable bonds is 15. The van der Waals surface area contributed by atoms with Crippen LogP contribution in [0.15, 0.2) is 30.3 Å². The number of carboxylic acid groups (broad SMARTS) is 2. The fourth-order valence-corrected chi connectivity index (χ4v) is 5.90. The Hall–Kier alpha value is -4.23. The molecule has 0 radical (unpaired) electrons. The van der Waals surface area contributed by atoms with Crippen molar-refractivity contribution < 1.29 is 48.3 Å². The minimum Gasteiger partial charge on any atom is -0.493 e. The summed E-state index contributed by atoms with van der Waals surface area (Å²) in [6.45, 7) is 1.71. The predicted octanol–water partition coefficient (Wildman–Crippen LogP) is 5.33. The van der Waals surface area contributed by atoms with E-state index in [0.29, 0.717) is 37.2 Å². The lowest BCUT2D eigenvalue weighted by molar-refractivity contribution is -0.141. The molecule has 0 saturated heterocycles. The number of pyridine rings is 1. The summed E-state index contributed by atoms with van der Waals surface area (Å²) in [7, 11) is 2.98. The summed E-state index contributed by atoms with van der Waals surface area (Å²) < 4.78 is 24.1. The zero-order valence-electron chi connectivity index (χ0n) is 22.4. The van der Waals surface area contributed by atoms with Crippen LogP contribution >= 0.6 is 22.7 Å². The lowest BCUT2D eigenvalue weighted by Gasteiger charge is -2.12. The molecule has 0 aliphatic rings. The smallest absolute Gasteiger partial charge is 0.306 e. The third-order valence-corrected chi connectivity index (χ3v) is 8.32. The Kier molecular flexibility index (Phi) is 9.40. The zero-order chi connectivity index (χ0) is 29.7. The molecule has 0 fully saturated rings. The van der Waals surface area contributed by atoms with E-state index in [1.807, 2.05) is 0 Å². The fourth-order valence-electron chi connectivity index (χ4n) is 3.88. The van der Waals surface area contributed by atoms with Crippen LogP contribution in [0.3, 0.4) is 0 Å². The van der Waals surface area contributed by atoms with Gasteiger partial charge in [-0.2, -0.15) is 0 Å². The first kappa shape index (κ1) is 29.7. The van der Waals surface area contributed by atoms with Gasteiger partial charge in [0.15, 0.2) is 28.8 Å². The van der Waals surface area contributed by atoms with Crippen molar-refractivity contribution in [3.05, 3.63) is 40.1 Å². The van der Waals surface area contributed by atoms with Crippen molar-refractivity contribution in [2.75, 3.05) is 27.4 Å². The number of nitrogens with zero attached hydrogens (tertiary/aromatic N) is 1. The van der Waals surface area contributed by atoms with E-state index in [9.17, 15) is 19.2 Å². The summed E-state index contributed by atoms with van der Waals surface area (Å²) in [5, 5.41) is 18.7. The maximum atomic E-state index is 12.5. The maximum absolute atomic E-state index is 12.5. The van der Waals surface area contributed by atoms with Crippen LogP contribution in [-0.4, -0.2) is 66.1 Å². The third kappa shape index (κ3) is 7.11. The van der Waals surface area contributed by atoms with Gasteiger partial charge in [-0.15, -0.1) is 22.7 Å². The molecule has 13 heteroatoms. The molecule has 3 aromatic heterocycles. The second kappa shape index (κ2) is 13.0. The number of aliphatic carboxylic acids is 2. The van der Waals surface area contributed by atoms with Crippen LogP contribution in [0.4, 0.5) is 0 Å². The zero-order valence-corrected chi connectivity index (χ0v) is 24.1. The molecule has 3 heterocycles. The third-order valence-electron chi connectivity index (χ3n) is 6.07. The largest absolute Gasteiger partial charge is 0.493 e. The molecule has 216 valence electrons. The molecular weight excluding hydrogens is 574 g/mol. The highest BCUT2D eigenvalue weighted by Crippen LogP contribution is 2.38. The molecule has 1 atom stereocenters. The number of carboxylic acids is 2. The van der Waals surface area contributed by atoms with Crippen LogP contribution in [0.25, 0.3) is 20.3 Å². The van der Waals surface area contributed by atoms with Crippen LogP contribution in [-0.2, 0) is 9.59 Å². The number of carbonyl (C=O) groups is 4. The monoisotopic (exact) mass is 601 g/mol. The fraction of sp³-hybridized carbons (Fsp3) is 0.321. The van der Waals surface area contributed by atoms with Gasteiger partial charge in [-0.1, -0.05) is 6.92 Å². The Morgan fingerprint density at radius 1 is 0.805 bits per heavy atom. The Bertz CT molecular complexity index is 1620. The number of ether oxygens (including phenoxy) is 4. The van der Waals surface area contributed by atoms with Crippen molar-refractivity contribution in [1.29, 1.82) is 0 Å². The van der Waals surface area contributed by atoms with Crippen LogP contribution < -0.4 is 18.9 Å². The van der Waals surface area contributed by atoms with Crippen LogP contribution in [0.2, 0.25) is 0 Å². The second-order valence-corrected chi connectivity index (χ2v) is 11.2. The van der Waals surface area contributed by atoms with E-state index in [0.717, 1.165) is 10.1 Å². The molecule has 41 heavy (non-hydrogen) atoms. The number of aromatic nitrogens is 1. The van der Waals surface area contributed by atoms with Gasteiger partial charge in [0.05, 0.1) is 46.5 Å². The van der Waals surface area contributed by atoms with E-state index >= 15 is 0 Å². The van der Waals surface area contributed by atoms with Crippen molar-refractivity contribution in [1.82, 2.24) is 4.98 Å². The minimum absolute atomic E-state index is 0.0732. The topological polar surface area (TPSA) is 159 Å². The number of methoxy groups -OCH3 is 2. The van der Waals surface area contributed by atoms with Crippen molar-refractivity contribution >= 4 is 66.5 Å². The number of Topliss-reactive ketones (excluding diaryl/α,β-unsaturated/α-hetero) is 2. The molecule has 0 saturated carbocycles. The van der Waals surface area contributed by atoms with E-state index in [4.69, 9.17) is 29.2 Å². The van der Waals surface area contributed by atoms with Gasteiger partial charge in [0.2, 0.25) is 0 Å². The van der Waals surface area contributed by atoms with E-state index in [1.165, 1.54) is 43.8 Å². The summed E-state index contributed by atoms with van der Waals surface area (Å²) in [6.07, 6.45) is -0.408. The molecular formula is C28H27NO10S2. The van der Waals surface area contributed by atoms with E-state index in [2.05, 4.69) is 4.98 Å². The lowest BCUT2D eigenvalue weighted by Crippen LogP contribution is -2.14. The highest BCUT2D eigenvalue weighted by Gasteiger charge is 2.21. The summed E-state index contributed by atoms with van der Waals surface area (Å²) in [5.74, 6) is -1.86. The molecule has 0 aliphatic carbocycles. The summed E-state index contributed by atoms with van der Waals surface area (Å²) in [5.41, 5.74) is 0.524. The van der Waals surface area contributed by atoms with Crippen molar-refractivity contribution in [3.63, 3.8) is 0 Å². The number of fused-ring (bicyclic) bond motifs is 2. The molecule has 0 amide bonds. The number of benzene rings is 1. The lowest BCUT2D eigenvalue weighted by atomic mass is 10.0. The van der Waals surface area contributed by atoms with Crippen LogP contribution in [0.5, 0.6) is 23.1 Å². The van der Waals surface area contributed by atoms with Crippen LogP contribution in [0.1, 0.15) is 45.5 Å². The highest BCUT2D eigenvalue weighted by atomic mass is 32.1. The van der Waals surface area contributed by atoms with Crippen molar-refractivity contribution in [3.8, 4) is 23.1 Å². The Labute approximate surface area is 242 Å². The standard InChI is InChI=1S/C28H27NO10S2/c1-14(28(34)35)8-18(31)25-11-16-23(41-25)13-21(37-3)27(29-16)39-7-6-38-20-9-15-10-24(17(30)4-5-26(32)33)40-22(15)12-19(20)36-2/h9-14H,4-8H2,1-3H3,(H,32,33)(H,34,35). The van der Waals surface area contributed by atoms with Gasteiger partial charge in [0.1, 0.15) is 13.2 Å². The molecule has 4 rings (SSSR count). The number of hydrogen-bond acceptors (Lipinski definition) is 11. The molecule has 0 aliphatic heterocycles. The molecule has 0 bridgehead atoms. The number of ketones is 2. The average Bonchev–Trinajstić information content (AvgIpc) is 3.56. The molecule has 2 N–H and O–H groups in total. The Balaban J connectivity index is 1.43. The molecule has 1 aromatic carbocycles. The SMILES string of the molecule is COc1cc2sc(C(=O)CCC(=O)O)cc2cc1OCCOc1nc2cc(C(=O)CC(C)C(=O)O)sc2cc1OC. The van der Waals surface area contributed by atoms with Gasteiger partial charge in [-0.25, -0.2) is 4.98 Å². The first-order chi connectivity index (χ1) is 19.6. The highest BCUT2D eigenvalue weighted by molar-refractivity contribution is 7.21. The Morgan fingerprint density at radius 2 is 1.46 bits per heavy atom. The first-order valence-corrected chi connectivity index (χ1v) is 14.1. The number of thiophene rings is 2. The van der Waals surface area contributed by atoms with Gasteiger partial charge in [0, 0.05) is 29.7 Å². The van der Waals surface area contributed by atoms with E-state index < -0.39 is 17.9 Å². The normalized spacial score (nSPS) is 11.8. The Morgan fingerprint density at radius 3 is 2.15 bits per heavy atom. The summed E-state index contributed by atoms with van der Waals surface area (Å²) in [6, 6.07) is 8.54. The molecule has 0 spiro atoms. The first-order valence-electron chi connectivity index (χ1n) is 12.5. The van der Waals surface area contributed by atoms with E-state index in [-0.39, 0.29) is 49.9 Å². The predicted molar refractivity (Wildman–Crippen MR) is 152 cm³/mol. The van der Waals surface area contributed by atoms with Crippen LogP contribution in [0, 0.1) is 5.92 Å². The van der Waals surface area contributed by atoms with E-state index in [1.54, 1.807) is 30.3 Å². The quantitative estimate of drug-likeness (QED) is 0.134. The van der Waals surface area contributed by atoms with Gasteiger partial charge in [0.25, 0.3) is 5.88 Å². The van der Waals surface area contributed by atoms with Gasteiger partial charge >= 0.3 is 11.9 Å². The minimum atomic E-state index is -1.03. The molecule has 1 unspecified atom stereocenters. The van der Waals surface area contributed by atoms with Gasteiger partial charge in [-0.05, 0) is 23.6 Å². The van der Waals surface area contributed by atoms with Crippen molar-refractivity contribution in [2.45, 2.75) is 26.2 Å². The second-order valence-electron chi connectivity index (χ2n) is 9.02. The summed E-state index contributed by atoms with van der Waals surface area (Å²) in [4.78, 5) is 52.1. The molecule has 4 aromatic rings. The van der Waals surface area contributed by atoms with Crippen molar-refractivity contribution in [2.24, 2.45) is 5.92 Å². The maximum Gasteiger partial charge on any atom is 0.306 e. The summed E-state index contributed by atoms with van der Waals surface area (Å²) >= 11 is 2.47.